The molecule has 0 spiro atoms. The van der Waals surface area contributed by atoms with Crippen LogP contribution in [0.2, 0.25) is 0 Å². The highest BCUT2D eigenvalue weighted by Crippen LogP contribution is 2.42. The van der Waals surface area contributed by atoms with Gasteiger partial charge in [-0.25, -0.2) is 0 Å². The monoisotopic (exact) mass is 459 g/mol. The lowest BCUT2D eigenvalue weighted by Crippen LogP contribution is -2.10. The number of rotatable bonds is 9. The van der Waals surface area contributed by atoms with E-state index in [1.165, 1.54) is 81.7 Å². The summed E-state index contributed by atoms with van der Waals surface area (Å²) in [6, 6.07) is 32.1. The minimum Gasteiger partial charge on any atom is -0.310 e. The van der Waals surface area contributed by atoms with Crippen LogP contribution in [-0.4, -0.2) is 0 Å². The molecule has 5 rings (SSSR count). The van der Waals surface area contributed by atoms with Crippen molar-refractivity contribution in [2.45, 2.75) is 65.7 Å². The summed E-state index contributed by atoms with van der Waals surface area (Å²) in [7, 11) is 0. The molecule has 0 radical (unpaired) electrons. The van der Waals surface area contributed by atoms with Gasteiger partial charge in [-0.05, 0) is 114 Å². The van der Waals surface area contributed by atoms with Crippen LogP contribution in [0.5, 0.6) is 0 Å². The largest absolute Gasteiger partial charge is 0.310 e. The summed E-state index contributed by atoms with van der Waals surface area (Å²) in [5.74, 6) is 0. The van der Waals surface area contributed by atoms with Crippen molar-refractivity contribution < 1.29 is 0 Å². The van der Waals surface area contributed by atoms with Gasteiger partial charge in [-0.15, -0.1) is 0 Å². The van der Waals surface area contributed by atoms with Gasteiger partial charge in [0, 0.05) is 17.1 Å². The van der Waals surface area contributed by atoms with Crippen LogP contribution in [0.3, 0.4) is 0 Å². The fraction of sp³-hybridized carbons (Fsp3) is 0.294. The molecule has 0 atom stereocenters. The SMILES string of the molecule is CCCCc1ccc(N(c2ccc(CCCC)cc2)c2ccc3c(c2)Cc2c(C)cccc2-3)cc1. The average Bonchev–Trinajstić information content (AvgIpc) is 3.27. The minimum absolute atomic E-state index is 1.02. The second kappa shape index (κ2) is 10.5. The normalized spacial score (nSPS) is 11.9. The van der Waals surface area contributed by atoms with Gasteiger partial charge < -0.3 is 4.90 Å². The Kier molecular flexibility index (Phi) is 7.04. The zero-order chi connectivity index (χ0) is 24.2. The van der Waals surface area contributed by atoms with Crippen molar-refractivity contribution in [3.05, 3.63) is 113 Å². The Bertz CT molecular complexity index is 1230. The van der Waals surface area contributed by atoms with Crippen molar-refractivity contribution >= 4 is 17.1 Å². The molecule has 0 saturated carbocycles. The van der Waals surface area contributed by atoms with Crippen molar-refractivity contribution in [3.63, 3.8) is 0 Å². The molecule has 178 valence electrons. The van der Waals surface area contributed by atoms with Crippen LogP contribution in [-0.2, 0) is 19.3 Å². The first-order chi connectivity index (χ1) is 17.2. The Morgan fingerprint density at radius 2 is 1.20 bits per heavy atom. The third-order valence-electron chi connectivity index (χ3n) is 7.44. The van der Waals surface area contributed by atoms with Crippen molar-refractivity contribution in [3.8, 4) is 11.1 Å². The van der Waals surface area contributed by atoms with Crippen LogP contribution in [0, 0.1) is 6.92 Å². The highest BCUT2D eigenvalue weighted by Gasteiger charge is 2.22. The number of hydrogen-bond acceptors (Lipinski definition) is 1. The van der Waals surface area contributed by atoms with Crippen LogP contribution in [0.4, 0.5) is 17.1 Å². The molecule has 0 heterocycles. The van der Waals surface area contributed by atoms with Crippen LogP contribution < -0.4 is 4.90 Å². The number of benzene rings is 4. The molecule has 4 aromatic rings. The Balaban J connectivity index is 1.52. The van der Waals surface area contributed by atoms with Crippen molar-refractivity contribution in [1.29, 1.82) is 0 Å². The molecule has 0 amide bonds. The third-order valence-corrected chi connectivity index (χ3v) is 7.44. The maximum Gasteiger partial charge on any atom is 0.0464 e. The predicted molar refractivity (Wildman–Crippen MR) is 151 cm³/mol. The zero-order valence-electron chi connectivity index (χ0n) is 21.5. The molecule has 0 aliphatic heterocycles. The van der Waals surface area contributed by atoms with E-state index in [2.05, 4.69) is 111 Å². The first-order valence-corrected chi connectivity index (χ1v) is 13.4. The van der Waals surface area contributed by atoms with E-state index in [0.29, 0.717) is 0 Å². The second-order valence-electron chi connectivity index (χ2n) is 9.99. The van der Waals surface area contributed by atoms with Gasteiger partial charge in [0.15, 0.2) is 0 Å². The highest BCUT2D eigenvalue weighted by molar-refractivity contribution is 5.83. The Labute approximate surface area is 211 Å². The molecule has 1 aliphatic rings. The summed E-state index contributed by atoms with van der Waals surface area (Å²) in [4.78, 5) is 2.42. The molecule has 1 heteroatoms. The van der Waals surface area contributed by atoms with Gasteiger partial charge >= 0.3 is 0 Å². The molecule has 1 aliphatic carbocycles. The summed E-state index contributed by atoms with van der Waals surface area (Å²) in [5.41, 5.74) is 13.6. The van der Waals surface area contributed by atoms with Gasteiger partial charge in [-0.2, -0.15) is 0 Å². The minimum atomic E-state index is 1.02. The number of nitrogens with zero attached hydrogens (tertiary/aromatic N) is 1. The lowest BCUT2D eigenvalue weighted by molar-refractivity contribution is 0.795. The van der Waals surface area contributed by atoms with Crippen molar-refractivity contribution in [2.24, 2.45) is 0 Å². The van der Waals surface area contributed by atoms with Gasteiger partial charge in [0.2, 0.25) is 0 Å². The van der Waals surface area contributed by atoms with Crippen molar-refractivity contribution in [2.75, 3.05) is 4.90 Å². The van der Waals surface area contributed by atoms with E-state index in [9.17, 15) is 0 Å². The van der Waals surface area contributed by atoms with Gasteiger partial charge in [0.1, 0.15) is 0 Å². The van der Waals surface area contributed by atoms with Gasteiger partial charge in [0.25, 0.3) is 0 Å². The molecule has 4 aromatic carbocycles. The standard InChI is InChI=1S/C34H37N/c1-4-6-10-26-13-17-29(18-14-26)35(30-19-15-27(16-20-30)11-7-5-2)31-21-22-32-28(23-31)24-34-25(3)9-8-12-33(32)34/h8-9,12-23H,4-7,10-11,24H2,1-3H3. The predicted octanol–water partition coefficient (Wildman–Crippen LogP) is 9.72. The number of unbranched alkanes of at least 4 members (excludes halogenated alkanes) is 2. The quantitative estimate of drug-likeness (QED) is 0.212. The van der Waals surface area contributed by atoms with E-state index in [4.69, 9.17) is 0 Å². The summed E-state index contributed by atoms with van der Waals surface area (Å²) >= 11 is 0. The molecule has 0 bridgehead atoms. The third kappa shape index (κ3) is 4.91. The fourth-order valence-electron chi connectivity index (χ4n) is 5.34. The summed E-state index contributed by atoms with van der Waals surface area (Å²) < 4.78 is 0. The number of hydrogen-bond donors (Lipinski definition) is 0. The molecular weight excluding hydrogens is 422 g/mol. The van der Waals surface area contributed by atoms with E-state index < -0.39 is 0 Å². The Morgan fingerprint density at radius 3 is 1.77 bits per heavy atom. The van der Waals surface area contributed by atoms with E-state index in [1.54, 1.807) is 0 Å². The highest BCUT2D eigenvalue weighted by atomic mass is 15.1. The first kappa shape index (κ1) is 23.4. The number of aryl methyl sites for hydroxylation is 3. The van der Waals surface area contributed by atoms with Crippen LogP contribution in [0.1, 0.15) is 67.3 Å². The van der Waals surface area contributed by atoms with Crippen LogP contribution in [0.25, 0.3) is 11.1 Å². The van der Waals surface area contributed by atoms with Crippen LogP contribution >= 0.6 is 0 Å². The molecule has 0 fully saturated rings. The molecule has 1 nitrogen and oxygen atoms in total. The zero-order valence-corrected chi connectivity index (χ0v) is 21.5. The van der Waals surface area contributed by atoms with Gasteiger partial charge in [-0.1, -0.05) is 75.2 Å². The molecule has 0 saturated heterocycles. The maximum atomic E-state index is 2.42. The topological polar surface area (TPSA) is 3.24 Å². The number of anilines is 3. The summed E-state index contributed by atoms with van der Waals surface area (Å²) in [6.45, 7) is 6.75. The summed E-state index contributed by atoms with van der Waals surface area (Å²) in [5, 5.41) is 0. The lowest BCUT2D eigenvalue weighted by atomic mass is 10.0. The lowest BCUT2D eigenvalue weighted by Gasteiger charge is -2.26. The van der Waals surface area contributed by atoms with E-state index in [0.717, 1.165) is 19.3 Å². The van der Waals surface area contributed by atoms with Gasteiger partial charge in [-0.3, -0.25) is 0 Å². The summed E-state index contributed by atoms with van der Waals surface area (Å²) in [6.07, 6.45) is 8.27. The van der Waals surface area contributed by atoms with E-state index in [-0.39, 0.29) is 0 Å². The van der Waals surface area contributed by atoms with E-state index in [1.807, 2.05) is 0 Å². The Morgan fingerprint density at radius 1 is 0.629 bits per heavy atom. The molecule has 0 N–H and O–H groups in total. The van der Waals surface area contributed by atoms with E-state index >= 15 is 0 Å². The maximum absolute atomic E-state index is 2.42. The molecule has 0 unspecified atom stereocenters. The molecular formula is C34H37N. The number of fused-ring (bicyclic) bond motifs is 3. The average molecular weight is 460 g/mol. The first-order valence-electron chi connectivity index (χ1n) is 13.4. The Hall–Kier alpha value is -3.32. The van der Waals surface area contributed by atoms with Gasteiger partial charge in [0.05, 0.1) is 0 Å². The molecule has 0 aromatic heterocycles. The van der Waals surface area contributed by atoms with Crippen molar-refractivity contribution in [1.82, 2.24) is 0 Å². The fourth-order valence-corrected chi connectivity index (χ4v) is 5.34. The molecule has 35 heavy (non-hydrogen) atoms. The second-order valence-corrected chi connectivity index (χ2v) is 9.99. The van der Waals surface area contributed by atoms with Crippen LogP contribution in [0.15, 0.2) is 84.9 Å². The smallest absolute Gasteiger partial charge is 0.0464 e.